The Morgan fingerprint density at radius 2 is 2.00 bits per heavy atom. The summed E-state index contributed by atoms with van der Waals surface area (Å²) in [6, 6.07) is 9.74. The first-order valence-corrected chi connectivity index (χ1v) is 6.68. The van der Waals surface area contributed by atoms with Gasteiger partial charge in [-0.3, -0.25) is 4.79 Å². The molecule has 2 rings (SSSR count). The molecular formula is C15H21Cl2N3O2. The van der Waals surface area contributed by atoms with E-state index in [1.165, 1.54) is 0 Å². The predicted octanol–water partition coefficient (Wildman–Crippen LogP) is 2.58. The molecule has 5 nitrogen and oxygen atoms in total. The molecule has 0 fully saturated rings. The van der Waals surface area contributed by atoms with Crippen molar-refractivity contribution in [3.8, 4) is 11.3 Å². The summed E-state index contributed by atoms with van der Waals surface area (Å²) in [5, 5.41) is 2.80. The number of carbonyl (C=O) groups excluding carboxylic acids is 1. The number of oxazole rings is 1. The molecule has 3 N–H and O–H groups in total. The molecule has 1 aromatic heterocycles. The van der Waals surface area contributed by atoms with E-state index < -0.39 is 0 Å². The zero-order chi connectivity index (χ0) is 14.4. The summed E-state index contributed by atoms with van der Waals surface area (Å²) < 4.78 is 5.64. The van der Waals surface area contributed by atoms with Crippen molar-refractivity contribution in [2.75, 3.05) is 6.54 Å². The lowest BCUT2D eigenvalue weighted by atomic mass is 10.2. The van der Waals surface area contributed by atoms with Gasteiger partial charge in [0.05, 0.1) is 6.20 Å². The summed E-state index contributed by atoms with van der Waals surface area (Å²) in [4.78, 5) is 15.8. The number of benzene rings is 1. The summed E-state index contributed by atoms with van der Waals surface area (Å²) in [6.45, 7) is 2.31. The number of carbonyl (C=O) groups is 1. The largest absolute Gasteiger partial charge is 0.441 e. The van der Waals surface area contributed by atoms with Gasteiger partial charge in [0.15, 0.2) is 11.7 Å². The van der Waals surface area contributed by atoms with Crippen molar-refractivity contribution in [1.82, 2.24) is 10.3 Å². The molecule has 0 bridgehead atoms. The molecule has 1 atom stereocenters. The Morgan fingerprint density at radius 3 is 2.64 bits per heavy atom. The molecule has 22 heavy (non-hydrogen) atoms. The van der Waals surface area contributed by atoms with Gasteiger partial charge in [-0.15, -0.1) is 24.8 Å². The standard InChI is InChI=1S/C15H19N3O2.2ClH/c1-11(9-16)18-14(19)7-8-15-17-10-13(20-15)12-5-3-2-4-6-12;;/h2-6,10-11H,7-9,16H2,1H3,(H,18,19);2*1H/t11-;;/m0../s1. The molecule has 0 saturated carbocycles. The Balaban J connectivity index is 0.00000220. The topological polar surface area (TPSA) is 81.1 Å². The third-order valence-electron chi connectivity index (χ3n) is 2.94. The fourth-order valence-electron chi connectivity index (χ4n) is 1.79. The summed E-state index contributed by atoms with van der Waals surface area (Å²) >= 11 is 0. The molecule has 0 saturated heterocycles. The van der Waals surface area contributed by atoms with Gasteiger partial charge in [0.25, 0.3) is 0 Å². The molecule has 0 unspecified atom stereocenters. The Labute approximate surface area is 142 Å². The summed E-state index contributed by atoms with van der Waals surface area (Å²) in [5.41, 5.74) is 6.43. The van der Waals surface area contributed by atoms with Gasteiger partial charge in [0.2, 0.25) is 5.91 Å². The summed E-state index contributed by atoms with van der Waals surface area (Å²) in [5.74, 6) is 1.25. The highest BCUT2D eigenvalue weighted by Crippen LogP contribution is 2.20. The van der Waals surface area contributed by atoms with Crippen LogP contribution in [0.25, 0.3) is 11.3 Å². The summed E-state index contributed by atoms with van der Waals surface area (Å²) in [6.07, 6.45) is 2.51. The lowest BCUT2D eigenvalue weighted by Gasteiger charge is -2.10. The Bertz CT molecular complexity index is 561. The number of nitrogens with two attached hydrogens (primary N) is 1. The third-order valence-corrected chi connectivity index (χ3v) is 2.94. The number of hydrogen-bond donors (Lipinski definition) is 2. The quantitative estimate of drug-likeness (QED) is 0.842. The van der Waals surface area contributed by atoms with Gasteiger partial charge in [0.1, 0.15) is 0 Å². The highest BCUT2D eigenvalue weighted by Gasteiger charge is 2.10. The van der Waals surface area contributed by atoms with Crippen molar-refractivity contribution >= 4 is 30.7 Å². The maximum atomic E-state index is 11.6. The average Bonchev–Trinajstić information content (AvgIpc) is 2.95. The smallest absolute Gasteiger partial charge is 0.220 e. The van der Waals surface area contributed by atoms with Gasteiger partial charge in [-0.05, 0) is 6.92 Å². The van der Waals surface area contributed by atoms with Crippen LogP contribution in [0.1, 0.15) is 19.2 Å². The van der Waals surface area contributed by atoms with Gasteiger partial charge in [-0.1, -0.05) is 30.3 Å². The van der Waals surface area contributed by atoms with Gasteiger partial charge in [0, 0.05) is 31.0 Å². The SMILES string of the molecule is C[C@@H](CN)NC(=O)CCc1ncc(-c2ccccc2)o1.Cl.Cl. The number of rotatable bonds is 6. The monoisotopic (exact) mass is 345 g/mol. The normalized spacial score (nSPS) is 11.0. The van der Waals surface area contributed by atoms with E-state index in [1.807, 2.05) is 37.3 Å². The maximum absolute atomic E-state index is 11.6. The minimum atomic E-state index is -0.0394. The fourth-order valence-corrected chi connectivity index (χ4v) is 1.79. The van der Waals surface area contributed by atoms with E-state index in [4.69, 9.17) is 10.2 Å². The lowest BCUT2D eigenvalue weighted by molar-refractivity contribution is -0.121. The number of hydrogen-bond acceptors (Lipinski definition) is 4. The molecule has 1 heterocycles. The van der Waals surface area contributed by atoms with Gasteiger partial charge >= 0.3 is 0 Å². The zero-order valence-electron chi connectivity index (χ0n) is 12.3. The second kappa shape index (κ2) is 10.2. The van der Waals surface area contributed by atoms with Crippen LogP contribution in [-0.4, -0.2) is 23.5 Å². The van der Waals surface area contributed by atoms with E-state index in [2.05, 4.69) is 10.3 Å². The zero-order valence-corrected chi connectivity index (χ0v) is 14.0. The Morgan fingerprint density at radius 1 is 1.32 bits per heavy atom. The number of nitrogens with zero attached hydrogens (tertiary/aromatic N) is 1. The third kappa shape index (κ3) is 6.05. The Hall–Kier alpha value is -1.56. The van der Waals surface area contributed by atoms with Gasteiger partial charge < -0.3 is 15.5 Å². The molecule has 1 aromatic carbocycles. The van der Waals surface area contributed by atoms with Crippen LogP contribution in [0.5, 0.6) is 0 Å². The highest BCUT2D eigenvalue weighted by atomic mass is 35.5. The highest BCUT2D eigenvalue weighted by molar-refractivity contribution is 5.85. The Kier molecular flexibility index (Phi) is 9.49. The fraction of sp³-hybridized carbons (Fsp3) is 0.333. The van der Waals surface area contributed by atoms with Crippen LogP contribution < -0.4 is 11.1 Å². The van der Waals surface area contributed by atoms with Crippen LogP contribution in [0, 0.1) is 0 Å². The first kappa shape index (κ1) is 20.4. The number of halogens is 2. The van der Waals surface area contributed by atoms with Crippen LogP contribution in [0.3, 0.4) is 0 Å². The maximum Gasteiger partial charge on any atom is 0.220 e. The molecule has 0 spiro atoms. The first-order valence-electron chi connectivity index (χ1n) is 6.68. The average molecular weight is 346 g/mol. The van der Waals surface area contributed by atoms with Crippen molar-refractivity contribution in [1.29, 1.82) is 0 Å². The van der Waals surface area contributed by atoms with E-state index in [0.29, 0.717) is 25.3 Å². The van der Waals surface area contributed by atoms with Crippen molar-refractivity contribution < 1.29 is 9.21 Å². The molecule has 0 aliphatic carbocycles. The van der Waals surface area contributed by atoms with Crippen LogP contribution in [0.2, 0.25) is 0 Å². The van der Waals surface area contributed by atoms with Crippen LogP contribution in [-0.2, 0) is 11.2 Å². The van der Waals surface area contributed by atoms with Crippen molar-refractivity contribution in [3.05, 3.63) is 42.4 Å². The molecule has 0 aliphatic rings. The van der Waals surface area contributed by atoms with Crippen molar-refractivity contribution in [2.24, 2.45) is 5.73 Å². The second-order valence-electron chi connectivity index (χ2n) is 4.69. The van der Waals surface area contributed by atoms with Crippen LogP contribution in [0.15, 0.2) is 40.9 Å². The predicted molar refractivity (Wildman–Crippen MR) is 91.4 cm³/mol. The van der Waals surface area contributed by atoms with Gasteiger partial charge in [-0.25, -0.2) is 4.98 Å². The number of aromatic nitrogens is 1. The molecule has 0 radical (unpaired) electrons. The number of nitrogens with one attached hydrogen (secondary N) is 1. The molecule has 2 aromatic rings. The van der Waals surface area contributed by atoms with E-state index in [9.17, 15) is 4.79 Å². The number of amides is 1. The molecule has 0 aliphatic heterocycles. The van der Waals surface area contributed by atoms with Crippen molar-refractivity contribution in [2.45, 2.75) is 25.8 Å². The summed E-state index contributed by atoms with van der Waals surface area (Å²) in [7, 11) is 0. The van der Waals surface area contributed by atoms with Crippen LogP contribution in [0.4, 0.5) is 0 Å². The minimum Gasteiger partial charge on any atom is -0.441 e. The molecule has 1 amide bonds. The van der Waals surface area contributed by atoms with Gasteiger partial charge in [-0.2, -0.15) is 0 Å². The van der Waals surface area contributed by atoms with Crippen LogP contribution >= 0.6 is 24.8 Å². The number of aryl methyl sites for hydroxylation is 1. The lowest BCUT2D eigenvalue weighted by Crippen LogP contribution is -2.37. The van der Waals surface area contributed by atoms with Crippen molar-refractivity contribution in [3.63, 3.8) is 0 Å². The second-order valence-corrected chi connectivity index (χ2v) is 4.69. The first-order chi connectivity index (χ1) is 9.69. The molecule has 7 heteroatoms. The van der Waals surface area contributed by atoms with E-state index >= 15 is 0 Å². The van der Waals surface area contributed by atoms with E-state index in [-0.39, 0.29) is 36.8 Å². The molecular weight excluding hydrogens is 325 g/mol. The minimum absolute atomic E-state index is 0. The van der Waals surface area contributed by atoms with E-state index in [1.54, 1.807) is 6.20 Å². The molecule has 122 valence electrons. The van der Waals surface area contributed by atoms with E-state index in [0.717, 1.165) is 11.3 Å².